The number of ether oxygens (including phenoxy) is 1. The maximum absolute atomic E-state index is 12.4. The lowest BCUT2D eigenvalue weighted by molar-refractivity contribution is 0.0439. The Morgan fingerprint density at radius 1 is 1.23 bits per heavy atom. The van der Waals surface area contributed by atoms with E-state index in [0.717, 1.165) is 23.9 Å². The van der Waals surface area contributed by atoms with E-state index in [1.165, 1.54) is 16.5 Å². The topological polar surface area (TPSA) is 52.3 Å². The third kappa shape index (κ3) is 2.08. The number of rotatable bonds is 3. The summed E-state index contributed by atoms with van der Waals surface area (Å²) in [6.07, 6.45) is 2.09. The van der Waals surface area contributed by atoms with Crippen LogP contribution in [0.4, 0.5) is 0 Å². The van der Waals surface area contributed by atoms with Gasteiger partial charge in [0.15, 0.2) is 12.4 Å². The Balaban J connectivity index is 1.65. The summed E-state index contributed by atoms with van der Waals surface area (Å²) in [7, 11) is 0. The molecule has 110 valence electrons. The van der Waals surface area contributed by atoms with Crippen LogP contribution in [0.1, 0.15) is 32.9 Å². The minimum atomic E-state index is -0.329. The molecule has 0 radical (unpaired) electrons. The molecule has 0 atom stereocenters. The minimum Gasteiger partial charge on any atom is -0.454 e. The van der Waals surface area contributed by atoms with Crippen molar-refractivity contribution in [2.45, 2.75) is 26.4 Å². The molecular formula is C18H15NO3. The number of esters is 1. The summed E-state index contributed by atoms with van der Waals surface area (Å²) >= 11 is 0. The summed E-state index contributed by atoms with van der Waals surface area (Å²) in [6.45, 7) is 1.93. The molecule has 0 spiro atoms. The van der Waals surface area contributed by atoms with Gasteiger partial charge in [0, 0.05) is 6.07 Å². The number of aromatic nitrogens is 1. The lowest BCUT2D eigenvalue weighted by Crippen LogP contribution is -2.06. The van der Waals surface area contributed by atoms with Crippen molar-refractivity contribution in [3.05, 3.63) is 64.5 Å². The SMILES string of the molecule is Cc1cc(COC(=O)c2ccc3c4c(cccc24)CC3)on1. The van der Waals surface area contributed by atoms with Gasteiger partial charge in [-0.25, -0.2) is 4.79 Å². The number of hydrogen-bond donors (Lipinski definition) is 0. The van der Waals surface area contributed by atoms with E-state index in [-0.39, 0.29) is 12.6 Å². The monoisotopic (exact) mass is 293 g/mol. The fourth-order valence-electron chi connectivity index (χ4n) is 3.12. The predicted molar refractivity (Wildman–Crippen MR) is 81.7 cm³/mol. The Kier molecular flexibility index (Phi) is 2.96. The molecule has 22 heavy (non-hydrogen) atoms. The molecule has 4 nitrogen and oxygen atoms in total. The van der Waals surface area contributed by atoms with E-state index in [0.29, 0.717) is 11.3 Å². The van der Waals surface area contributed by atoms with E-state index >= 15 is 0 Å². The van der Waals surface area contributed by atoms with Crippen LogP contribution in [0, 0.1) is 6.92 Å². The highest BCUT2D eigenvalue weighted by Crippen LogP contribution is 2.33. The van der Waals surface area contributed by atoms with Gasteiger partial charge in [-0.2, -0.15) is 0 Å². The number of nitrogens with zero attached hydrogens (tertiary/aromatic N) is 1. The van der Waals surface area contributed by atoms with Gasteiger partial charge in [0.25, 0.3) is 0 Å². The molecule has 1 heterocycles. The fraction of sp³-hybridized carbons (Fsp3) is 0.222. The molecule has 0 amide bonds. The van der Waals surface area contributed by atoms with Gasteiger partial charge in [-0.3, -0.25) is 0 Å². The van der Waals surface area contributed by atoms with Gasteiger partial charge in [-0.1, -0.05) is 29.4 Å². The molecule has 0 unspecified atom stereocenters. The summed E-state index contributed by atoms with van der Waals surface area (Å²) < 4.78 is 10.4. The van der Waals surface area contributed by atoms with E-state index in [1.54, 1.807) is 6.07 Å². The summed E-state index contributed by atoms with van der Waals surface area (Å²) in [5.41, 5.74) is 4.01. The van der Waals surface area contributed by atoms with Crippen molar-refractivity contribution in [3.8, 4) is 0 Å². The molecule has 4 rings (SSSR count). The molecule has 1 aromatic heterocycles. The van der Waals surface area contributed by atoms with Gasteiger partial charge < -0.3 is 9.26 Å². The summed E-state index contributed by atoms with van der Waals surface area (Å²) in [5.74, 6) is 0.224. The first-order valence-electron chi connectivity index (χ1n) is 7.35. The van der Waals surface area contributed by atoms with Crippen molar-refractivity contribution in [2.75, 3.05) is 0 Å². The van der Waals surface area contributed by atoms with Crippen LogP contribution in [0.15, 0.2) is 40.9 Å². The Labute approximate surface area is 127 Å². The first kappa shape index (κ1) is 13.1. The van der Waals surface area contributed by atoms with Gasteiger partial charge in [0.05, 0.1) is 11.3 Å². The average molecular weight is 293 g/mol. The number of benzene rings is 2. The zero-order chi connectivity index (χ0) is 15.1. The van der Waals surface area contributed by atoms with E-state index in [1.807, 2.05) is 31.2 Å². The Morgan fingerprint density at radius 3 is 2.82 bits per heavy atom. The zero-order valence-electron chi connectivity index (χ0n) is 12.3. The van der Waals surface area contributed by atoms with Gasteiger partial charge in [-0.15, -0.1) is 0 Å². The molecule has 0 aliphatic heterocycles. The van der Waals surface area contributed by atoms with Gasteiger partial charge >= 0.3 is 5.97 Å². The second-order valence-electron chi connectivity index (χ2n) is 5.62. The summed E-state index contributed by atoms with van der Waals surface area (Å²) in [6, 6.07) is 11.8. The Morgan fingerprint density at radius 2 is 2.05 bits per heavy atom. The van der Waals surface area contributed by atoms with E-state index in [9.17, 15) is 4.79 Å². The molecule has 0 saturated carbocycles. The third-order valence-corrected chi connectivity index (χ3v) is 4.12. The molecule has 3 aromatic rings. The van der Waals surface area contributed by atoms with Crippen LogP contribution in [0.25, 0.3) is 10.8 Å². The van der Waals surface area contributed by atoms with Crippen LogP contribution in [-0.4, -0.2) is 11.1 Å². The van der Waals surface area contributed by atoms with E-state index in [2.05, 4.69) is 11.2 Å². The molecule has 1 aliphatic carbocycles. The highest BCUT2D eigenvalue weighted by atomic mass is 16.5. The van der Waals surface area contributed by atoms with Gasteiger partial charge in [0.2, 0.25) is 0 Å². The van der Waals surface area contributed by atoms with Crippen molar-refractivity contribution in [1.29, 1.82) is 0 Å². The standard InChI is InChI=1S/C18H15NO3/c1-11-9-14(22-19-11)10-21-18(20)16-8-7-13-6-5-12-3-2-4-15(16)17(12)13/h2-4,7-9H,5-6,10H2,1H3. The number of aryl methyl sites for hydroxylation is 3. The number of carbonyl (C=O) groups is 1. The Bertz CT molecular complexity index is 869. The molecular weight excluding hydrogens is 278 g/mol. The van der Waals surface area contributed by atoms with Crippen LogP contribution in [-0.2, 0) is 24.2 Å². The quantitative estimate of drug-likeness (QED) is 0.692. The molecule has 0 fully saturated rings. The van der Waals surface area contributed by atoms with Crippen LogP contribution in [0.3, 0.4) is 0 Å². The van der Waals surface area contributed by atoms with Crippen molar-refractivity contribution in [3.63, 3.8) is 0 Å². The third-order valence-electron chi connectivity index (χ3n) is 4.12. The van der Waals surface area contributed by atoms with Gasteiger partial charge in [0.1, 0.15) is 0 Å². The van der Waals surface area contributed by atoms with Crippen LogP contribution in [0.5, 0.6) is 0 Å². The lowest BCUT2D eigenvalue weighted by atomic mass is 10.00. The van der Waals surface area contributed by atoms with Crippen LogP contribution >= 0.6 is 0 Å². The van der Waals surface area contributed by atoms with Crippen LogP contribution in [0.2, 0.25) is 0 Å². The Hall–Kier alpha value is -2.62. The van der Waals surface area contributed by atoms with Crippen molar-refractivity contribution in [1.82, 2.24) is 5.16 Å². The molecule has 0 N–H and O–H groups in total. The molecule has 2 aromatic carbocycles. The maximum Gasteiger partial charge on any atom is 0.339 e. The second kappa shape index (κ2) is 4.98. The molecule has 0 bridgehead atoms. The van der Waals surface area contributed by atoms with E-state index < -0.39 is 0 Å². The summed E-state index contributed by atoms with van der Waals surface area (Å²) in [5, 5.41) is 5.98. The first-order chi connectivity index (χ1) is 10.7. The normalized spacial score (nSPS) is 12.8. The lowest BCUT2D eigenvalue weighted by Gasteiger charge is -2.08. The largest absolute Gasteiger partial charge is 0.454 e. The highest BCUT2D eigenvalue weighted by molar-refractivity contribution is 6.07. The smallest absolute Gasteiger partial charge is 0.339 e. The predicted octanol–water partition coefficient (Wildman–Crippen LogP) is 3.59. The first-order valence-corrected chi connectivity index (χ1v) is 7.35. The van der Waals surface area contributed by atoms with E-state index in [4.69, 9.17) is 9.26 Å². The fourth-order valence-corrected chi connectivity index (χ4v) is 3.12. The number of hydrogen-bond acceptors (Lipinski definition) is 4. The zero-order valence-corrected chi connectivity index (χ0v) is 12.3. The van der Waals surface area contributed by atoms with Crippen molar-refractivity contribution in [2.24, 2.45) is 0 Å². The van der Waals surface area contributed by atoms with Crippen molar-refractivity contribution < 1.29 is 14.1 Å². The van der Waals surface area contributed by atoms with Crippen molar-refractivity contribution >= 4 is 16.7 Å². The minimum absolute atomic E-state index is 0.0998. The molecule has 4 heteroatoms. The molecule has 0 saturated heterocycles. The number of carbonyl (C=O) groups excluding carboxylic acids is 1. The van der Waals surface area contributed by atoms with Crippen LogP contribution < -0.4 is 0 Å². The highest BCUT2D eigenvalue weighted by Gasteiger charge is 2.19. The summed E-state index contributed by atoms with van der Waals surface area (Å²) in [4.78, 5) is 12.4. The second-order valence-corrected chi connectivity index (χ2v) is 5.62. The van der Waals surface area contributed by atoms with Gasteiger partial charge in [-0.05, 0) is 47.7 Å². The molecule has 1 aliphatic rings. The maximum atomic E-state index is 12.4. The average Bonchev–Trinajstić information content (AvgIpc) is 3.13.